The maximum absolute atomic E-state index is 14.2. The van der Waals surface area contributed by atoms with Gasteiger partial charge in [0.1, 0.15) is 0 Å². The number of benzene rings is 2. The van der Waals surface area contributed by atoms with Crippen LogP contribution >= 0.6 is 11.8 Å². The minimum Gasteiger partial charge on any atom is -0.380 e. The summed E-state index contributed by atoms with van der Waals surface area (Å²) in [6, 6.07) is 7.93. The van der Waals surface area contributed by atoms with Gasteiger partial charge in [0.05, 0.1) is 24.3 Å². The first kappa shape index (κ1) is 29.8. The van der Waals surface area contributed by atoms with Crippen molar-refractivity contribution in [3.05, 3.63) is 65.4 Å². The first-order valence-corrected chi connectivity index (χ1v) is 13.3. The van der Waals surface area contributed by atoms with Gasteiger partial charge in [0.2, 0.25) is 5.91 Å². The number of rotatable bonds is 7. The zero-order chi connectivity index (χ0) is 29.1. The van der Waals surface area contributed by atoms with Crippen molar-refractivity contribution in [1.29, 1.82) is 0 Å². The van der Waals surface area contributed by atoms with E-state index in [4.69, 9.17) is 4.74 Å². The molecule has 2 aliphatic heterocycles. The highest BCUT2D eigenvalue weighted by Gasteiger charge is 2.47. The molecule has 1 unspecified atom stereocenters. The summed E-state index contributed by atoms with van der Waals surface area (Å²) in [6.45, 7) is 4.05. The number of alkyl halides is 6. The average molecular weight is 588 g/mol. The Morgan fingerprint density at radius 3 is 2.33 bits per heavy atom. The van der Waals surface area contributed by atoms with Crippen molar-refractivity contribution in [1.82, 2.24) is 9.80 Å². The monoisotopic (exact) mass is 587 g/mol. The van der Waals surface area contributed by atoms with E-state index in [1.807, 2.05) is 0 Å². The number of ketones is 1. The quantitative estimate of drug-likeness (QED) is 0.246. The Morgan fingerprint density at radius 2 is 1.70 bits per heavy atom. The summed E-state index contributed by atoms with van der Waals surface area (Å²) < 4.78 is 90.2. The Hall–Kier alpha value is -3.19. The normalized spacial score (nSPS) is 18.4. The van der Waals surface area contributed by atoms with Gasteiger partial charge in [0, 0.05) is 72.5 Å². The van der Waals surface area contributed by atoms with E-state index >= 15 is 0 Å². The first-order chi connectivity index (χ1) is 18.8. The molecule has 13 heteroatoms. The van der Waals surface area contributed by atoms with E-state index in [0.29, 0.717) is 63.3 Å². The summed E-state index contributed by atoms with van der Waals surface area (Å²) >= 11 is 0.529. The number of carbonyl (C=O) groups is 2. The lowest BCUT2D eigenvalue weighted by atomic mass is 9.96. The van der Waals surface area contributed by atoms with E-state index in [2.05, 4.69) is 5.32 Å². The van der Waals surface area contributed by atoms with E-state index in [-0.39, 0.29) is 16.8 Å². The largest absolute Gasteiger partial charge is 0.418 e. The van der Waals surface area contributed by atoms with Crippen molar-refractivity contribution in [2.24, 2.45) is 0 Å². The van der Waals surface area contributed by atoms with Gasteiger partial charge >= 0.3 is 12.4 Å². The molecular formula is C27H27F6N3O3S. The number of ether oxygens (including phenoxy) is 1. The predicted octanol–water partition coefficient (Wildman–Crippen LogP) is 5.94. The number of halogens is 6. The van der Waals surface area contributed by atoms with Crippen molar-refractivity contribution >= 4 is 29.1 Å². The highest BCUT2D eigenvalue weighted by atomic mass is 32.2. The lowest BCUT2D eigenvalue weighted by Crippen LogP contribution is -2.32. The molecule has 0 radical (unpaired) electrons. The van der Waals surface area contributed by atoms with Crippen molar-refractivity contribution in [3.63, 3.8) is 0 Å². The molecular weight excluding hydrogens is 560 g/mol. The Kier molecular flexibility index (Phi) is 9.03. The predicted molar refractivity (Wildman–Crippen MR) is 137 cm³/mol. The van der Waals surface area contributed by atoms with Crippen molar-refractivity contribution in [2.45, 2.75) is 41.5 Å². The van der Waals surface area contributed by atoms with Crippen LogP contribution in [0.4, 0.5) is 32.0 Å². The molecule has 1 N–H and O–H groups in total. The van der Waals surface area contributed by atoms with Gasteiger partial charge in [0.25, 0.3) is 0 Å². The molecule has 0 bridgehead atoms. The smallest absolute Gasteiger partial charge is 0.380 e. The van der Waals surface area contributed by atoms with Crippen LogP contribution in [0.3, 0.4) is 0 Å². The zero-order valence-corrected chi connectivity index (χ0v) is 22.3. The summed E-state index contributed by atoms with van der Waals surface area (Å²) in [5.41, 5.74) is -4.42. The first-order valence-electron chi connectivity index (χ1n) is 12.5. The minimum absolute atomic E-state index is 0.0627. The second-order valence-electron chi connectivity index (χ2n) is 9.41. The number of amides is 1. The van der Waals surface area contributed by atoms with E-state index in [9.17, 15) is 35.9 Å². The van der Waals surface area contributed by atoms with Crippen LogP contribution < -0.4 is 5.32 Å². The molecule has 1 amide bonds. The van der Waals surface area contributed by atoms with Crippen LogP contribution in [-0.4, -0.2) is 66.9 Å². The molecule has 1 atom stereocenters. The Labute approximate surface area is 231 Å². The van der Waals surface area contributed by atoms with E-state index in [0.717, 1.165) is 18.2 Å². The highest BCUT2D eigenvalue weighted by molar-refractivity contribution is 7.99. The van der Waals surface area contributed by atoms with Crippen LogP contribution in [0.5, 0.6) is 0 Å². The summed E-state index contributed by atoms with van der Waals surface area (Å²) in [4.78, 5) is 27.2. The highest BCUT2D eigenvalue weighted by Crippen LogP contribution is 2.48. The van der Waals surface area contributed by atoms with Crippen LogP contribution in [0.25, 0.3) is 0 Å². The second-order valence-corrected chi connectivity index (χ2v) is 10.5. The van der Waals surface area contributed by atoms with Gasteiger partial charge in [-0.15, -0.1) is 0 Å². The van der Waals surface area contributed by atoms with Crippen LogP contribution in [0.2, 0.25) is 0 Å². The molecule has 2 aromatic carbocycles. The van der Waals surface area contributed by atoms with E-state index in [1.165, 1.54) is 19.2 Å². The number of hydrogen-bond donors (Lipinski definition) is 1. The third-order valence-corrected chi connectivity index (χ3v) is 7.60. The number of likely N-dealkylation sites (tertiary alicyclic amines) is 1. The lowest BCUT2D eigenvalue weighted by molar-refractivity contribution is -0.163. The van der Waals surface area contributed by atoms with Gasteiger partial charge in [0.15, 0.2) is 5.78 Å². The maximum atomic E-state index is 14.2. The Bertz CT molecular complexity index is 1280. The Balaban J connectivity index is 1.64. The number of nitrogens with zero attached hydrogens (tertiary/aromatic N) is 2. The van der Waals surface area contributed by atoms with Gasteiger partial charge in [-0.3, -0.25) is 9.59 Å². The van der Waals surface area contributed by atoms with Gasteiger partial charge < -0.3 is 19.9 Å². The molecule has 0 aromatic heterocycles. The number of morpholine rings is 1. The molecule has 0 saturated carbocycles. The molecule has 2 aliphatic rings. The van der Waals surface area contributed by atoms with Crippen LogP contribution in [-0.2, 0) is 21.9 Å². The molecule has 2 aromatic rings. The van der Waals surface area contributed by atoms with Gasteiger partial charge in [-0.25, -0.2) is 0 Å². The molecule has 2 heterocycles. The molecule has 2 saturated heterocycles. The minimum atomic E-state index is -5.44. The number of hydrogen-bond acceptors (Lipinski definition) is 6. The standard InChI is InChI=1S/C27H27F6N3O3S/c1-17(37)36-10-7-19(16-36)34-18-3-2-4-20(15-18)40-23-6-5-21(22(38)8-9-35-11-13-39-14-12-35)24(26(28,29)30)25(23)27(31,32)33/h2-6,8-9,15,19,34H,7,10-14,16H2,1H3. The maximum Gasteiger partial charge on any atom is 0.418 e. The third-order valence-electron chi connectivity index (χ3n) is 6.55. The van der Waals surface area contributed by atoms with Gasteiger partial charge in [-0.1, -0.05) is 17.8 Å². The topological polar surface area (TPSA) is 61.9 Å². The molecule has 4 rings (SSSR count). The molecule has 2 fully saturated rings. The fraction of sp³-hybridized carbons (Fsp3) is 0.407. The van der Waals surface area contributed by atoms with Gasteiger partial charge in [-0.05, 0) is 36.8 Å². The average Bonchev–Trinajstić information content (AvgIpc) is 3.35. The van der Waals surface area contributed by atoms with E-state index in [1.54, 1.807) is 28.0 Å². The zero-order valence-electron chi connectivity index (χ0n) is 21.4. The molecule has 216 valence electrons. The van der Waals surface area contributed by atoms with Crippen molar-refractivity contribution in [3.8, 4) is 0 Å². The van der Waals surface area contributed by atoms with E-state index < -0.39 is 39.7 Å². The summed E-state index contributed by atoms with van der Waals surface area (Å²) in [5.74, 6) is -1.24. The van der Waals surface area contributed by atoms with Crippen molar-refractivity contribution in [2.75, 3.05) is 44.7 Å². The SMILES string of the molecule is CC(=O)N1CCC(Nc2cccc(Sc3ccc(C(=O)C=CN4CCOCC4)c(C(F)(F)F)c3C(F)(F)F)c2)C1. The van der Waals surface area contributed by atoms with Crippen LogP contribution in [0, 0.1) is 0 Å². The Morgan fingerprint density at radius 1 is 1.00 bits per heavy atom. The molecule has 0 aliphatic carbocycles. The summed E-state index contributed by atoms with van der Waals surface area (Å²) in [6.07, 6.45) is -8.01. The summed E-state index contributed by atoms with van der Waals surface area (Å²) in [7, 11) is 0. The molecule has 6 nitrogen and oxygen atoms in total. The molecule has 40 heavy (non-hydrogen) atoms. The second kappa shape index (κ2) is 12.1. The summed E-state index contributed by atoms with van der Waals surface area (Å²) in [5, 5.41) is 3.22. The van der Waals surface area contributed by atoms with Crippen LogP contribution in [0.1, 0.15) is 34.8 Å². The number of nitrogens with one attached hydrogen (secondary N) is 1. The fourth-order valence-electron chi connectivity index (χ4n) is 4.62. The number of anilines is 1. The fourth-order valence-corrected chi connectivity index (χ4v) is 5.66. The molecule has 0 spiro atoms. The third kappa shape index (κ3) is 7.30. The number of carbonyl (C=O) groups excluding carboxylic acids is 2. The number of allylic oxidation sites excluding steroid dienone is 1. The van der Waals surface area contributed by atoms with Gasteiger partial charge in [-0.2, -0.15) is 26.3 Å². The van der Waals surface area contributed by atoms with Crippen LogP contribution in [0.15, 0.2) is 58.5 Å². The van der Waals surface area contributed by atoms with Crippen molar-refractivity contribution < 1.29 is 40.7 Å². The lowest BCUT2D eigenvalue weighted by Gasteiger charge is -2.25.